The zero-order valence-electron chi connectivity index (χ0n) is 8.88. The quantitative estimate of drug-likeness (QED) is 0.744. The van der Waals surface area contributed by atoms with Crippen molar-refractivity contribution in [3.63, 3.8) is 0 Å². The third-order valence-electron chi connectivity index (χ3n) is 2.13. The molecule has 0 saturated carbocycles. The van der Waals surface area contributed by atoms with Gasteiger partial charge in [0, 0.05) is 11.6 Å². The van der Waals surface area contributed by atoms with Crippen LogP contribution in [0.5, 0.6) is 5.75 Å². The van der Waals surface area contributed by atoms with Crippen molar-refractivity contribution in [1.82, 2.24) is 4.98 Å². The van der Waals surface area contributed by atoms with Crippen molar-refractivity contribution in [2.24, 2.45) is 0 Å². The van der Waals surface area contributed by atoms with Crippen LogP contribution in [-0.4, -0.2) is 11.1 Å². The zero-order valence-corrected chi connectivity index (χ0v) is 9.70. The average molecular weight is 234 g/mol. The summed E-state index contributed by atoms with van der Waals surface area (Å²) in [5, 5.41) is 1.05. The monoisotopic (exact) mass is 233 g/mol. The number of hydrogen-bond donors (Lipinski definition) is 0. The molecule has 1 aromatic carbocycles. The van der Waals surface area contributed by atoms with Gasteiger partial charge in [-0.1, -0.05) is 24.1 Å². The van der Waals surface area contributed by atoms with Gasteiger partial charge in [0.1, 0.15) is 11.3 Å². The number of para-hydroxylation sites is 1. The summed E-state index contributed by atoms with van der Waals surface area (Å²) in [7, 11) is 0. The highest BCUT2D eigenvalue weighted by Gasteiger charge is 2.04. The molecule has 2 nitrogen and oxygen atoms in total. The maximum Gasteiger partial charge on any atom is 0.156 e. The van der Waals surface area contributed by atoms with Crippen molar-refractivity contribution in [3.05, 3.63) is 36.5 Å². The Morgan fingerprint density at radius 3 is 2.81 bits per heavy atom. The maximum atomic E-state index is 5.58. The number of benzene rings is 1. The number of halogens is 1. The van der Waals surface area contributed by atoms with Gasteiger partial charge in [-0.3, -0.25) is 4.98 Å². The number of fused-ring (bicyclic) bond motifs is 1. The first kappa shape index (κ1) is 12.4. The van der Waals surface area contributed by atoms with Crippen molar-refractivity contribution < 1.29 is 4.74 Å². The van der Waals surface area contributed by atoms with Gasteiger partial charge in [0.25, 0.3) is 0 Å². The molecule has 0 fully saturated rings. The lowest BCUT2D eigenvalue weighted by atomic mass is 10.2. The van der Waals surface area contributed by atoms with E-state index in [0.29, 0.717) is 0 Å². The third-order valence-corrected chi connectivity index (χ3v) is 2.13. The Morgan fingerprint density at radius 2 is 2.06 bits per heavy atom. The first-order valence-electron chi connectivity index (χ1n) is 4.78. The first-order valence-corrected chi connectivity index (χ1v) is 4.78. The number of aromatic nitrogens is 1. The van der Waals surface area contributed by atoms with E-state index in [1.807, 2.05) is 37.3 Å². The predicted molar refractivity (Wildman–Crippen MR) is 67.9 cm³/mol. The van der Waals surface area contributed by atoms with Gasteiger partial charge in [-0.2, -0.15) is 0 Å². The van der Waals surface area contributed by atoms with Crippen molar-refractivity contribution in [3.8, 4) is 18.1 Å². The second-order valence-corrected chi connectivity index (χ2v) is 3.26. The van der Waals surface area contributed by atoms with Crippen LogP contribution in [0.3, 0.4) is 0 Å². The fourth-order valence-electron chi connectivity index (χ4n) is 1.40. The third kappa shape index (κ3) is 2.44. The lowest BCUT2D eigenvalue weighted by molar-refractivity contribution is 0.282. The van der Waals surface area contributed by atoms with Crippen molar-refractivity contribution in [2.75, 3.05) is 0 Å². The fraction of sp³-hybridized carbons (Fsp3) is 0.154. The summed E-state index contributed by atoms with van der Waals surface area (Å²) < 4.78 is 5.58. The van der Waals surface area contributed by atoms with Crippen molar-refractivity contribution >= 4 is 23.3 Å². The molecule has 3 heteroatoms. The van der Waals surface area contributed by atoms with Gasteiger partial charge >= 0.3 is 0 Å². The summed E-state index contributed by atoms with van der Waals surface area (Å²) in [6.45, 7) is 1.84. The number of ether oxygens (including phenoxy) is 1. The molecule has 2 rings (SSSR count). The number of rotatable bonds is 2. The molecule has 0 N–H and O–H groups in total. The van der Waals surface area contributed by atoms with E-state index in [2.05, 4.69) is 10.9 Å². The fourth-order valence-corrected chi connectivity index (χ4v) is 1.40. The number of hydrogen-bond acceptors (Lipinski definition) is 2. The molecule has 0 bridgehead atoms. The van der Waals surface area contributed by atoms with E-state index in [1.54, 1.807) is 6.20 Å². The van der Waals surface area contributed by atoms with Crippen LogP contribution in [0.15, 0.2) is 36.5 Å². The Bertz CT molecular complexity index is 513. The molecule has 0 spiro atoms. The highest BCUT2D eigenvalue weighted by atomic mass is 35.5. The van der Waals surface area contributed by atoms with Crippen molar-refractivity contribution in [2.45, 2.75) is 13.0 Å². The molecule has 0 aliphatic heterocycles. The molecule has 2 aromatic rings. The first-order chi connectivity index (χ1) is 7.31. The minimum atomic E-state index is -0.238. The molecule has 1 unspecified atom stereocenters. The molecule has 1 aromatic heterocycles. The second kappa shape index (κ2) is 5.39. The summed E-state index contributed by atoms with van der Waals surface area (Å²) in [5.74, 6) is 3.26. The topological polar surface area (TPSA) is 22.1 Å². The number of pyridine rings is 1. The van der Waals surface area contributed by atoms with E-state index in [0.717, 1.165) is 16.7 Å². The van der Waals surface area contributed by atoms with Gasteiger partial charge in [-0.05, 0) is 19.1 Å². The van der Waals surface area contributed by atoms with Crippen LogP contribution in [0.2, 0.25) is 0 Å². The summed E-state index contributed by atoms with van der Waals surface area (Å²) in [6.07, 6.45) is 6.78. The molecule has 0 amide bonds. The van der Waals surface area contributed by atoms with Gasteiger partial charge in [0.05, 0.1) is 0 Å². The van der Waals surface area contributed by atoms with E-state index in [4.69, 9.17) is 11.2 Å². The lowest BCUT2D eigenvalue weighted by Gasteiger charge is -2.10. The lowest BCUT2D eigenvalue weighted by Crippen LogP contribution is -2.08. The summed E-state index contributed by atoms with van der Waals surface area (Å²) in [4.78, 5) is 4.27. The summed E-state index contributed by atoms with van der Waals surface area (Å²) >= 11 is 0. The Balaban J connectivity index is 0.00000128. The van der Waals surface area contributed by atoms with Crippen LogP contribution >= 0.6 is 12.4 Å². The molecule has 1 heterocycles. The van der Waals surface area contributed by atoms with Crippen LogP contribution in [0.1, 0.15) is 6.92 Å². The molecule has 0 radical (unpaired) electrons. The molecule has 16 heavy (non-hydrogen) atoms. The Kier molecular flexibility index (Phi) is 4.16. The Morgan fingerprint density at radius 1 is 1.31 bits per heavy atom. The Labute approximate surface area is 101 Å². The highest BCUT2D eigenvalue weighted by Crippen LogP contribution is 2.23. The summed E-state index contributed by atoms with van der Waals surface area (Å²) in [6, 6.07) is 9.70. The standard InChI is InChI=1S/C13H11NO.ClH/c1-3-10(2)15-12-8-4-6-11-7-5-9-14-13(11)12;/h1,4-10H,2H3;1H. The van der Waals surface area contributed by atoms with Crippen LogP contribution in [-0.2, 0) is 0 Å². The van der Waals surface area contributed by atoms with E-state index in [9.17, 15) is 0 Å². The maximum absolute atomic E-state index is 5.58. The second-order valence-electron chi connectivity index (χ2n) is 3.26. The van der Waals surface area contributed by atoms with Gasteiger partial charge in [-0.15, -0.1) is 18.8 Å². The van der Waals surface area contributed by atoms with E-state index >= 15 is 0 Å². The largest absolute Gasteiger partial charge is 0.476 e. The minimum Gasteiger partial charge on any atom is -0.476 e. The molecular formula is C13H12ClNO. The van der Waals surface area contributed by atoms with Crippen LogP contribution < -0.4 is 4.74 Å². The van der Waals surface area contributed by atoms with Crippen molar-refractivity contribution in [1.29, 1.82) is 0 Å². The average Bonchev–Trinajstić information content (AvgIpc) is 2.29. The van der Waals surface area contributed by atoms with Crippen LogP contribution in [0.25, 0.3) is 10.9 Å². The normalized spacial score (nSPS) is 11.2. The number of nitrogens with zero attached hydrogens (tertiary/aromatic N) is 1. The number of terminal acetylenes is 1. The molecule has 82 valence electrons. The predicted octanol–water partition coefficient (Wildman–Crippen LogP) is 3.06. The van der Waals surface area contributed by atoms with Gasteiger partial charge in [0.2, 0.25) is 0 Å². The molecule has 0 saturated heterocycles. The molecule has 1 atom stereocenters. The van der Waals surface area contributed by atoms with E-state index in [1.165, 1.54) is 0 Å². The van der Waals surface area contributed by atoms with E-state index < -0.39 is 0 Å². The Hall–Kier alpha value is -1.72. The van der Waals surface area contributed by atoms with Crippen LogP contribution in [0, 0.1) is 12.3 Å². The van der Waals surface area contributed by atoms with Gasteiger partial charge in [-0.25, -0.2) is 0 Å². The van der Waals surface area contributed by atoms with Gasteiger partial charge < -0.3 is 4.74 Å². The highest BCUT2D eigenvalue weighted by molar-refractivity contribution is 5.85. The molecule has 0 aliphatic carbocycles. The zero-order chi connectivity index (χ0) is 10.7. The minimum absolute atomic E-state index is 0. The van der Waals surface area contributed by atoms with E-state index in [-0.39, 0.29) is 18.5 Å². The smallest absolute Gasteiger partial charge is 0.156 e. The summed E-state index contributed by atoms with van der Waals surface area (Å²) in [5.41, 5.74) is 0.849. The molecular weight excluding hydrogens is 222 g/mol. The molecule has 0 aliphatic rings. The van der Waals surface area contributed by atoms with Crippen LogP contribution in [0.4, 0.5) is 0 Å². The van der Waals surface area contributed by atoms with Gasteiger partial charge in [0.15, 0.2) is 6.10 Å². The SMILES string of the molecule is C#CC(C)Oc1cccc2cccnc12.Cl.